The number of aliphatic hydroxyl groups excluding tert-OH is 1. The maximum Gasteiger partial charge on any atom is 0.186 e. The van der Waals surface area contributed by atoms with Crippen LogP contribution in [0.15, 0.2) is 34.3 Å². The van der Waals surface area contributed by atoms with Gasteiger partial charge in [0.25, 0.3) is 0 Å². The van der Waals surface area contributed by atoms with E-state index in [9.17, 15) is 0 Å². The molecule has 1 N–H and O–H groups in total. The number of aliphatic hydroxyl groups is 1. The van der Waals surface area contributed by atoms with Gasteiger partial charge in [-0.25, -0.2) is 0 Å². The van der Waals surface area contributed by atoms with Crippen molar-refractivity contribution in [3.05, 3.63) is 35.5 Å². The first kappa shape index (κ1) is 9.50. The van der Waals surface area contributed by atoms with Gasteiger partial charge in [0.15, 0.2) is 5.76 Å². The molecule has 3 rings (SSSR count). The average Bonchev–Trinajstić information content (AvgIpc) is 2.97. The lowest BCUT2D eigenvalue weighted by molar-refractivity contribution is 0.267. The molecule has 4 nitrogen and oxygen atoms in total. The highest BCUT2D eigenvalue weighted by atomic mass is 32.1. The summed E-state index contributed by atoms with van der Waals surface area (Å²) < 4.78 is 6.31. The summed E-state index contributed by atoms with van der Waals surface area (Å²) in [4.78, 5) is 4.29. The number of fused-ring (bicyclic) bond motifs is 1. The summed E-state index contributed by atoms with van der Waals surface area (Å²) in [5, 5.41) is 15.7. The summed E-state index contributed by atoms with van der Waals surface area (Å²) in [5.41, 5.74) is 1.29. The van der Waals surface area contributed by atoms with Gasteiger partial charge in [0.1, 0.15) is 11.4 Å². The Morgan fingerprint density at radius 1 is 1.38 bits per heavy atom. The molecule has 0 amide bonds. The van der Waals surface area contributed by atoms with Crippen molar-refractivity contribution in [2.75, 3.05) is 0 Å². The van der Waals surface area contributed by atoms with E-state index in [1.165, 1.54) is 0 Å². The Morgan fingerprint density at radius 3 is 3.12 bits per heavy atom. The van der Waals surface area contributed by atoms with Gasteiger partial charge in [0.05, 0.1) is 6.61 Å². The number of rotatable bonds is 2. The normalized spacial score (nSPS) is 11.1. The molecule has 0 aliphatic rings. The zero-order valence-corrected chi connectivity index (χ0v) is 9.07. The Morgan fingerprint density at radius 2 is 2.31 bits per heavy atom. The Kier molecular flexibility index (Phi) is 2.19. The molecular weight excluding hydrogens is 224 g/mol. The van der Waals surface area contributed by atoms with Crippen molar-refractivity contribution < 1.29 is 9.63 Å². The van der Waals surface area contributed by atoms with Gasteiger partial charge in [-0.15, -0.1) is 11.3 Å². The molecule has 0 fully saturated rings. The van der Waals surface area contributed by atoms with Crippen LogP contribution in [0.2, 0.25) is 0 Å². The lowest BCUT2D eigenvalue weighted by Gasteiger charge is -1.95. The molecular formula is C11H8N2O2S. The first-order chi connectivity index (χ1) is 7.88. The van der Waals surface area contributed by atoms with Crippen molar-refractivity contribution in [1.29, 1.82) is 0 Å². The molecule has 0 bridgehead atoms. The third-order valence-electron chi connectivity index (χ3n) is 2.33. The van der Waals surface area contributed by atoms with Gasteiger partial charge >= 0.3 is 0 Å². The van der Waals surface area contributed by atoms with Crippen molar-refractivity contribution in [2.45, 2.75) is 6.61 Å². The number of hydrogen-bond donors (Lipinski definition) is 1. The van der Waals surface area contributed by atoms with E-state index in [2.05, 4.69) is 10.1 Å². The van der Waals surface area contributed by atoms with Crippen molar-refractivity contribution in [3.8, 4) is 11.5 Å². The van der Waals surface area contributed by atoms with Gasteiger partial charge in [-0.2, -0.15) is 0 Å². The molecule has 3 heterocycles. The van der Waals surface area contributed by atoms with Crippen LogP contribution in [0.1, 0.15) is 5.69 Å². The van der Waals surface area contributed by atoms with E-state index in [0.717, 1.165) is 15.8 Å². The SMILES string of the molecule is OCc1cc(-c2nccc3sccc23)on1. The van der Waals surface area contributed by atoms with Gasteiger partial charge in [0.2, 0.25) is 0 Å². The van der Waals surface area contributed by atoms with Crippen LogP contribution >= 0.6 is 11.3 Å². The maximum atomic E-state index is 8.93. The van der Waals surface area contributed by atoms with Crippen molar-refractivity contribution in [2.24, 2.45) is 0 Å². The molecule has 3 aromatic heterocycles. The van der Waals surface area contributed by atoms with Crippen LogP contribution in [0, 0.1) is 0 Å². The molecule has 16 heavy (non-hydrogen) atoms. The predicted octanol–water partition coefficient (Wildman–Crippen LogP) is 2.44. The van der Waals surface area contributed by atoms with Crippen molar-refractivity contribution >= 4 is 21.4 Å². The first-order valence-corrected chi connectivity index (χ1v) is 5.65. The van der Waals surface area contributed by atoms with E-state index in [-0.39, 0.29) is 6.61 Å². The summed E-state index contributed by atoms with van der Waals surface area (Å²) in [6, 6.07) is 5.68. The van der Waals surface area contributed by atoms with Gasteiger partial charge < -0.3 is 9.63 Å². The number of aromatic nitrogens is 2. The molecule has 3 aromatic rings. The highest BCUT2D eigenvalue weighted by molar-refractivity contribution is 7.17. The topological polar surface area (TPSA) is 59.2 Å². The van der Waals surface area contributed by atoms with Crippen LogP contribution in [0.5, 0.6) is 0 Å². The fourth-order valence-electron chi connectivity index (χ4n) is 1.59. The minimum Gasteiger partial charge on any atom is -0.390 e. The lowest BCUT2D eigenvalue weighted by atomic mass is 10.2. The van der Waals surface area contributed by atoms with E-state index >= 15 is 0 Å². The number of pyridine rings is 1. The quantitative estimate of drug-likeness (QED) is 0.737. The van der Waals surface area contributed by atoms with E-state index in [1.807, 2.05) is 17.5 Å². The lowest BCUT2D eigenvalue weighted by Crippen LogP contribution is -1.81. The van der Waals surface area contributed by atoms with Gasteiger partial charge in [-0.05, 0) is 17.5 Å². The zero-order chi connectivity index (χ0) is 11.0. The van der Waals surface area contributed by atoms with E-state index < -0.39 is 0 Å². The summed E-state index contributed by atoms with van der Waals surface area (Å²) in [7, 11) is 0. The zero-order valence-electron chi connectivity index (χ0n) is 8.25. The molecule has 0 saturated heterocycles. The van der Waals surface area contributed by atoms with Crippen LogP contribution in [0.4, 0.5) is 0 Å². The maximum absolute atomic E-state index is 8.93. The van der Waals surface area contributed by atoms with Gasteiger partial charge in [-0.1, -0.05) is 5.16 Å². The Hall–Kier alpha value is -1.72. The minimum atomic E-state index is -0.122. The van der Waals surface area contributed by atoms with Crippen LogP contribution in [0.3, 0.4) is 0 Å². The highest BCUT2D eigenvalue weighted by Crippen LogP contribution is 2.29. The fourth-order valence-corrected chi connectivity index (χ4v) is 2.37. The summed E-state index contributed by atoms with van der Waals surface area (Å²) >= 11 is 1.66. The molecule has 0 aliphatic carbocycles. The van der Waals surface area contributed by atoms with Crippen LogP contribution in [0.25, 0.3) is 21.5 Å². The molecule has 0 atom stereocenters. The van der Waals surface area contributed by atoms with Crippen molar-refractivity contribution in [1.82, 2.24) is 10.1 Å². The minimum absolute atomic E-state index is 0.122. The van der Waals surface area contributed by atoms with Crippen molar-refractivity contribution in [3.63, 3.8) is 0 Å². The Bertz CT molecular complexity index is 629. The molecule has 5 heteroatoms. The van der Waals surface area contributed by atoms with E-state index in [1.54, 1.807) is 23.6 Å². The highest BCUT2D eigenvalue weighted by Gasteiger charge is 2.11. The number of nitrogens with zero attached hydrogens (tertiary/aromatic N) is 2. The van der Waals surface area contributed by atoms with Gasteiger partial charge in [-0.3, -0.25) is 4.98 Å². The van der Waals surface area contributed by atoms with E-state index in [4.69, 9.17) is 9.63 Å². The number of thiophene rings is 1. The predicted molar refractivity (Wildman–Crippen MR) is 61.0 cm³/mol. The number of hydrogen-bond acceptors (Lipinski definition) is 5. The fraction of sp³-hybridized carbons (Fsp3) is 0.0909. The molecule has 0 spiro atoms. The summed E-state index contributed by atoms with van der Waals surface area (Å²) in [5.74, 6) is 0.591. The Balaban J connectivity index is 2.21. The second-order valence-electron chi connectivity index (χ2n) is 3.33. The molecule has 0 saturated carbocycles. The molecule has 0 aromatic carbocycles. The second-order valence-corrected chi connectivity index (χ2v) is 4.28. The molecule has 0 unspecified atom stereocenters. The Labute approximate surface area is 95.2 Å². The molecule has 80 valence electrons. The average molecular weight is 232 g/mol. The third kappa shape index (κ3) is 1.41. The molecule has 0 radical (unpaired) electrons. The third-order valence-corrected chi connectivity index (χ3v) is 3.22. The summed E-state index contributed by atoms with van der Waals surface area (Å²) in [6.07, 6.45) is 1.75. The molecule has 0 aliphatic heterocycles. The second kappa shape index (κ2) is 3.70. The van der Waals surface area contributed by atoms with Crippen LogP contribution in [-0.2, 0) is 6.61 Å². The van der Waals surface area contributed by atoms with Crippen LogP contribution < -0.4 is 0 Å². The van der Waals surface area contributed by atoms with Gasteiger partial charge in [0, 0.05) is 22.3 Å². The smallest absolute Gasteiger partial charge is 0.186 e. The largest absolute Gasteiger partial charge is 0.390 e. The first-order valence-electron chi connectivity index (χ1n) is 4.77. The monoisotopic (exact) mass is 232 g/mol. The standard InChI is InChI=1S/C11H8N2O2S/c14-6-7-5-9(15-13-7)11-8-2-4-16-10(8)1-3-12-11/h1-5,14H,6H2. The van der Waals surface area contributed by atoms with Crippen LogP contribution in [-0.4, -0.2) is 15.2 Å². The summed E-state index contributed by atoms with van der Waals surface area (Å²) in [6.45, 7) is -0.122. The van der Waals surface area contributed by atoms with E-state index in [0.29, 0.717) is 11.5 Å².